The van der Waals surface area contributed by atoms with Crippen LogP contribution in [-0.2, 0) is 24.2 Å². The molecular formula is C16H20N4O. The first-order chi connectivity index (χ1) is 10.3. The minimum absolute atomic E-state index is 0.138. The fourth-order valence-corrected chi connectivity index (χ4v) is 2.76. The van der Waals surface area contributed by atoms with Crippen molar-refractivity contribution in [3.8, 4) is 0 Å². The second kappa shape index (κ2) is 6.52. The first kappa shape index (κ1) is 13.8. The Morgan fingerprint density at radius 3 is 3.14 bits per heavy atom. The Labute approximate surface area is 124 Å². The minimum atomic E-state index is 0.138. The molecule has 1 amide bonds. The van der Waals surface area contributed by atoms with Gasteiger partial charge < -0.3 is 9.88 Å². The van der Waals surface area contributed by atoms with E-state index in [0.717, 1.165) is 43.7 Å². The molecule has 2 aromatic rings. The Hall–Kier alpha value is -2.17. The van der Waals surface area contributed by atoms with E-state index in [1.54, 1.807) is 6.20 Å². The number of aryl methyl sites for hydroxylation is 2. The number of pyridine rings is 1. The molecule has 5 nitrogen and oxygen atoms in total. The third-order valence-electron chi connectivity index (χ3n) is 3.86. The number of rotatable bonds is 5. The zero-order valence-corrected chi connectivity index (χ0v) is 12.0. The molecule has 0 unspecified atom stereocenters. The summed E-state index contributed by atoms with van der Waals surface area (Å²) in [7, 11) is 0. The summed E-state index contributed by atoms with van der Waals surface area (Å²) >= 11 is 0. The van der Waals surface area contributed by atoms with Gasteiger partial charge >= 0.3 is 0 Å². The summed E-state index contributed by atoms with van der Waals surface area (Å²) in [6.45, 7) is 0.835. The van der Waals surface area contributed by atoms with E-state index in [2.05, 4.69) is 19.9 Å². The van der Waals surface area contributed by atoms with Gasteiger partial charge in [0, 0.05) is 49.7 Å². The van der Waals surface area contributed by atoms with Crippen molar-refractivity contribution in [2.45, 2.75) is 44.7 Å². The van der Waals surface area contributed by atoms with Crippen LogP contribution in [0.25, 0.3) is 0 Å². The minimum Gasteiger partial charge on any atom is -0.352 e. The molecule has 110 valence electrons. The van der Waals surface area contributed by atoms with Gasteiger partial charge in [0.05, 0.1) is 0 Å². The summed E-state index contributed by atoms with van der Waals surface area (Å²) in [5, 5.41) is 3.13. The Balaban J connectivity index is 1.41. The fourth-order valence-electron chi connectivity index (χ4n) is 2.76. The average molecular weight is 284 g/mol. The van der Waals surface area contributed by atoms with Crippen molar-refractivity contribution in [3.05, 3.63) is 48.3 Å². The number of carbonyl (C=O) groups is 1. The van der Waals surface area contributed by atoms with Gasteiger partial charge in [0.15, 0.2) is 0 Å². The molecule has 0 saturated heterocycles. The van der Waals surface area contributed by atoms with E-state index in [9.17, 15) is 4.79 Å². The van der Waals surface area contributed by atoms with Crippen LogP contribution in [0.5, 0.6) is 0 Å². The van der Waals surface area contributed by atoms with Gasteiger partial charge in [0.2, 0.25) is 5.91 Å². The maximum atomic E-state index is 12.0. The molecule has 0 fully saturated rings. The van der Waals surface area contributed by atoms with Gasteiger partial charge in [-0.25, -0.2) is 4.98 Å². The highest BCUT2D eigenvalue weighted by molar-refractivity contribution is 5.76. The van der Waals surface area contributed by atoms with Crippen molar-refractivity contribution < 1.29 is 4.79 Å². The van der Waals surface area contributed by atoms with E-state index in [-0.39, 0.29) is 11.9 Å². The molecular weight excluding hydrogens is 264 g/mol. The Bertz CT molecular complexity index is 593. The molecule has 1 aliphatic rings. The molecule has 1 atom stereocenters. The normalized spacial score (nSPS) is 17.2. The molecule has 0 spiro atoms. The Kier molecular flexibility index (Phi) is 4.28. The molecule has 5 heteroatoms. The van der Waals surface area contributed by atoms with E-state index in [1.807, 2.05) is 30.6 Å². The van der Waals surface area contributed by atoms with Gasteiger partial charge in [0.25, 0.3) is 0 Å². The lowest BCUT2D eigenvalue weighted by Gasteiger charge is -2.24. The van der Waals surface area contributed by atoms with Crippen molar-refractivity contribution in [2.75, 3.05) is 0 Å². The molecule has 2 aromatic heterocycles. The highest BCUT2D eigenvalue weighted by atomic mass is 16.1. The van der Waals surface area contributed by atoms with Gasteiger partial charge in [-0.1, -0.05) is 6.07 Å². The smallest absolute Gasteiger partial charge is 0.220 e. The van der Waals surface area contributed by atoms with Gasteiger partial charge in [-0.3, -0.25) is 9.78 Å². The first-order valence-electron chi connectivity index (χ1n) is 7.50. The van der Waals surface area contributed by atoms with Crippen molar-refractivity contribution in [1.82, 2.24) is 19.9 Å². The van der Waals surface area contributed by atoms with Crippen LogP contribution in [0, 0.1) is 0 Å². The molecule has 3 heterocycles. The summed E-state index contributed by atoms with van der Waals surface area (Å²) in [6.07, 6.45) is 9.76. The second-order valence-corrected chi connectivity index (χ2v) is 5.47. The predicted molar refractivity (Wildman–Crippen MR) is 79.7 cm³/mol. The van der Waals surface area contributed by atoms with Crippen molar-refractivity contribution in [2.24, 2.45) is 0 Å². The molecule has 0 saturated carbocycles. The summed E-state index contributed by atoms with van der Waals surface area (Å²) in [4.78, 5) is 20.6. The summed E-state index contributed by atoms with van der Waals surface area (Å²) in [5.74, 6) is 1.26. The van der Waals surface area contributed by atoms with Crippen LogP contribution in [-0.4, -0.2) is 26.5 Å². The Morgan fingerprint density at radius 1 is 1.33 bits per heavy atom. The standard InChI is InChI=1S/C16H20N4O/c21-16(6-3-5-13-4-1-2-9-17-13)19-14-7-8-15-18-10-11-20(15)12-14/h1-2,4,9-11,14H,3,5-8,12H2,(H,19,21)/t14-/m1/s1. The van der Waals surface area contributed by atoms with Gasteiger partial charge in [-0.15, -0.1) is 0 Å². The number of nitrogens with zero attached hydrogens (tertiary/aromatic N) is 3. The lowest BCUT2D eigenvalue weighted by molar-refractivity contribution is -0.122. The number of aromatic nitrogens is 3. The molecule has 1 N–H and O–H groups in total. The molecule has 0 aliphatic carbocycles. The monoisotopic (exact) mass is 284 g/mol. The zero-order valence-electron chi connectivity index (χ0n) is 12.0. The van der Waals surface area contributed by atoms with E-state index in [0.29, 0.717) is 6.42 Å². The summed E-state index contributed by atoms with van der Waals surface area (Å²) in [5.41, 5.74) is 1.05. The molecule has 0 aromatic carbocycles. The van der Waals surface area contributed by atoms with Crippen LogP contribution in [0.3, 0.4) is 0 Å². The number of fused-ring (bicyclic) bond motifs is 1. The zero-order chi connectivity index (χ0) is 14.5. The van der Waals surface area contributed by atoms with Crippen molar-refractivity contribution >= 4 is 5.91 Å². The van der Waals surface area contributed by atoms with E-state index >= 15 is 0 Å². The van der Waals surface area contributed by atoms with E-state index in [4.69, 9.17) is 0 Å². The van der Waals surface area contributed by atoms with Crippen molar-refractivity contribution in [3.63, 3.8) is 0 Å². The number of hydrogen-bond acceptors (Lipinski definition) is 3. The highest BCUT2D eigenvalue weighted by Crippen LogP contribution is 2.13. The average Bonchev–Trinajstić information content (AvgIpc) is 2.96. The molecule has 0 radical (unpaired) electrons. The van der Waals surface area contributed by atoms with Crippen LogP contribution in [0.15, 0.2) is 36.8 Å². The maximum absolute atomic E-state index is 12.0. The lowest BCUT2D eigenvalue weighted by atomic mass is 10.1. The molecule has 21 heavy (non-hydrogen) atoms. The van der Waals surface area contributed by atoms with E-state index in [1.165, 1.54) is 0 Å². The van der Waals surface area contributed by atoms with Crippen LogP contribution in [0.1, 0.15) is 30.8 Å². The second-order valence-electron chi connectivity index (χ2n) is 5.47. The fraction of sp³-hybridized carbons (Fsp3) is 0.438. The number of carbonyl (C=O) groups excluding carboxylic acids is 1. The predicted octanol–water partition coefficient (Wildman–Crippen LogP) is 1.73. The van der Waals surface area contributed by atoms with E-state index < -0.39 is 0 Å². The van der Waals surface area contributed by atoms with Gasteiger partial charge in [-0.05, 0) is 31.4 Å². The quantitative estimate of drug-likeness (QED) is 0.909. The van der Waals surface area contributed by atoms with Gasteiger partial charge in [0.1, 0.15) is 5.82 Å². The first-order valence-corrected chi connectivity index (χ1v) is 7.50. The number of imidazole rings is 1. The topological polar surface area (TPSA) is 59.8 Å². The lowest BCUT2D eigenvalue weighted by Crippen LogP contribution is -2.40. The van der Waals surface area contributed by atoms with Crippen LogP contribution in [0.4, 0.5) is 0 Å². The summed E-state index contributed by atoms with van der Waals surface area (Å²) < 4.78 is 2.13. The van der Waals surface area contributed by atoms with Crippen LogP contribution in [0.2, 0.25) is 0 Å². The largest absolute Gasteiger partial charge is 0.352 e. The maximum Gasteiger partial charge on any atom is 0.220 e. The Morgan fingerprint density at radius 2 is 2.29 bits per heavy atom. The number of amides is 1. The third-order valence-corrected chi connectivity index (χ3v) is 3.86. The number of hydrogen-bond donors (Lipinski definition) is 1. The van der Waals surface area contributed by atoms with Gasteiger partial charge in [-0.2, -0.15) is 0 Å². The van der Waals surface area contributed by atoms with Crippen LogP contribution < -0.4 is 5.32 Å². The SMILES string of the molecule is O=C(CCCc1ccccn1)N[C@@H]1CCc2nccn2C1. The number of nitrogens with one attached hydrogen (secondary N) is 1. The summed E-state index contributed by atoms with van der Waals surface area (Å²) in [6, 6.07) is 6.12. The van der Waals surface area contributed by atoms with Crippen molar-refractivity contribution in [1.29, 1.82) is 0 Å². The molecule has 3 rings (SSSR count). The third kappa shape index (κ3) is 3.68. The molecule has 0 bridgehead atoms. The molecule has 1 aliphatic heterocycles. The highest BCUT2D eigenvalue weighted by Gasteiger charge is 2.19. The van der Waals surface area contributed by atoms with Crippen LogP contribution >= 0.6 is 0 Å².